The summed E-state index contributed by atoms with van der Waals surface area (Å²) >= 11 is 0. The molecule has 2 amide bonds. The molecular weight excluding hydrogens is 505 g/mol. The number of aromatic nitrogens is 1. The van der Waals surface area contributed by atoms with Gasteiger partial charge >= 0.3 is 0 Å². The van der Waals surface area contributed by atoms with Crippen LogP contribution in [0, 0.1) is 13.8 Å². The molecule has 0 saturated heterocycles. The number of carbonyl (C=O) groups excluding carboxylic acids is 2. The van der Waals surface area contributed by atoms with E-state index in [1.165, 1.54) is 4.90 Å². The molecule has 0 radical (unpaired) electrons. The molecule has 7 heteroatoms. The Morgan fingerprint density at radius 2 is 1.71 bits per heavy atom. The molecule has 0 spiro atoms. The van der Waals surface area contributed by atoms with Gasteiger partial charge in [-0.2, -0.15) is 4.57 Å². The monoisotopic (exact) mass is 529 g/mol. The number of nitrogens with one attached hydrogen (secondary N) is 1. The van der Waals surface area contributed by atoms with Crippen LogP contribution in [0.3, 0.4) is 0 Å². The second-order valence-corrected chi connectivity index (χ2v) is 7.35. The van der Waals surface area contributed by atoms with Gasteiger partial charge in [0.05, 0.1) is 12.8 Å². The zero-order chi connectivity index (χ0) is 21.3. The van der Waals surface area contributed by atoms with Crippen molar-refractivity contribution in [2.24, 2.45) is 0 Å². The molecule has 160 valence electrons. The number of fused-ring (bicyclic) bond motifs is 1. The first kappa shape index (κ1) is 22.7. The summed E-state index contributed by atoms with van der Waals surface area (Å²) in [6, 6.07) is 17.9. The normalized spacial score (nSPS) is 15.0. The topological polar surface area (TPSA) is 62.5 Å². The number of rotatable bonds is 4. The highest BCUT2D eigenvalue weighted by atomic mass is 127. The SMILES string of the molecule is COc1ccccc1N1C(=O)C[n+]2ccccc2C1C(=O)Nc1c(C)cccc1C.[I-]. The number of anilines is 2. The van der Waals surface area contributed by atoms with Gasteiger partial charge in [-0.1, -0.05) is 36.4 Å². The molecule has 4 rings (SSSR count). The summed E-state index contributed by atoms with van der Waals surface area (Å²) in [5.41, 5.74) is 4.02. The molecule has 31 heavy (non-hydrogen) atoms. The van der Waals surface area contributed by atoms with Crippen LogP contribution in [0.2, 0.25) is 0 Å². The predicted molar refractivity (Wildman–Crippen MR) is 114 cm³/mol. The van der Waals surface area contributed by atoms with E-state index in [0.29, 0.717) is 11.4 Å². The largest absolute Gasteiger partial charge is 1.00 e. The van der Waals surface area contributed by atoms with Crippen molar-refractivity contribution < 1.29 is 42.9 Å². The van der Waals surface area contributed by atoms with Crippen molar-refractivity contribution in [1.82, 2.24) is 0 Å². The van der Waals surface area contributed by atoms with E-state index in [1.54, 1.807) is 19.2 Å². The van der Waals surface area contributed by atoms with Crippen molar-refractivity contribution in [1.29, 1.82) is 0 Å². The van der Waals surface area contributed by atoms with E-state index < -0.39 is 6.04 Å². The van der Waals surface area contributed by atoms with E-state index >= 15 is 0 Å². The highest BCUT2D eigenvalue weighted by Gasteiger charge is 2.44. The number of halogens is 1. The molecule has 2 heterocycles. The Labute approximate surface area is 198 Å². The number of hydrogen-bond acceptors (Lipinski definition) is 3. The molecule has 0 saturated carbocycles. The molecule has 1 atom stereocenters. The number of ether oxygens (including phenoxy) is 1. The summed E-state index contributed by atoms with van der Waals surface area (Å²) in [5.74, 6) is 0.0938. The smallest absolute Gasteiger partial charge is 0.294 e. The van der Waals surface area contributed by atoms with Crippen molar-refractivity contribution >= 4 is 23.2 Å². The van der Waals surface area contributed by atoms with Gasteiger partial charge in [-0.3, -0.25) is 14.5 Å². The summed E-state index contributed by atoms with van der Waals surface area (Å²) in [4.78, 5) is 28.3. The van der Waals surface area contributed by atoms with Crippen molar-refractivity contribution in [3.05, 3.63) is 83.7 Å². The lowest BCUT2D eigenvalue weighted by atomic mass is 10.0. The molecule has 0 fully saturated rings. The average molecular weight is 529 g/mol. The third-order valence-electron chi connectivity index (χ3n) is 5.41. The third kappa shape index (κ3) is 4.27. The first-order valence-electron chi connectivity index (χ1n) is 9.82. The minimum absolute atomic E-state index is 0. The average Bonchev–Trinajstić information content (AvgIpc) is 2.75. The third-order valence-corrected chi connectivity index (χ3v) is 5.41. The highest BCUT2D eigenvalue weighted by Crippen LogP contribution is 2.36. The van der Waals surface area contributed by atoms with Gasteiger partial charge in [-0.25, -0.2) is 0 Å². The van der Waals surface area contributed by atoms with E-state index in [4.69, 9.17) is 4.74 Å². The Hall–Kier alpha value is -2.94. The quantitative estimate of drug-likeness (QED) is 0.392. The lowest BCUT2D eigenvalue weighted by Gasteiger charge is -2.33. The Morgan fingerprint density at radius 1 is 1.03 bits per heavy atom. The van der Waals surface area contributed by atoms with E-state index in [-0.39, 0.29) is 42.3 Å². The molecule has 6 nitrogen and oxygen atoms in total. The van der Waals surface area contributed by atoms with E-state index in [2.05, 4.69) is 5.32 Å². The summed E-state index contributed by atoms with van der Waals surface area (Å²) in [5, 5.41) is 3.06. The summed E-state index contributed by atoms with van der Waals surface area (Å²) in [6.45, 7) is 4.06. The second kappa shape index (κ2) is 9.47. The van der Waals surface area contributed by atoms with Crippen LogP contribution < -0.4 is 43.5 Å². The Morgan fingerprint density at radius 3 is 2.42 bits per heavy atom. The number of carbonyl (C=O) groups is 2. The Balaban J connectivity index is 0.00000272. The van der Waals surface area contributed by atoms with Crippen LogP contribution in [0.5, 0.6) is 5.75 Å². The maximum absolute atomic E-state index is 13.6. The molecule has 1 aliphatic heterocycles. The Bertz CT molecular complexity index is 1110. The van der Waals surface area contributed by atoms with Crippen molar-refractivity contribution in [3.63, 3.8) is 0 Å². The molecule has 1 aromatic heterocycles. The number of amides is 2. The van der Waals surface area contributed by atoms with E-state index in [9.17, 15) is 9.59 Å². The number of pyridine rings is 1. The number of aryl methyl sites for hydroxylation is 2. The molecule has 3 aromatic rings. The fraction of sp³-hybridized carbons (Fsp3) is 0.208. The van der Waals surface area contributed by atoms with E-state index in [1.807, 2.05) is 73.1 Å². The zero-order valence-corrected chi connectivity index (χ0v) is 19.8. The predicted octanol–water partition coefficient (Wildman–Crippen LogP) is 0.330. The zero-order valence-electron chi connectivity index (χ0n) is 17.6. The Kier molecular flexibility index (Phi) is 6.94. The molecular formula is C24H24IN3O3. The van der Waals surface area contributed by atoms with Crippen LogP contribution in [0.25, 0.3) is 0 Å². The lowest BCUT2D eigenvalue weighted by Crippen LogP contribution is -3.00. The number of methoxy groups -OCH3 is 1. The molecule has 1 aliphatic rings. The van der Waals surface area contributed by atoms with Gasteiger partial charge < -0.3 is 34.0 Å². The van der Waals surface area contributed by atoms with Gasteiger partial charge in [0.25, 0.3) is 11.8 Å². The molecule has 0 bridgehead atoms. The van der Waals surface area contributed by atoms with Gasteiger partial charge in [-0.05, 0) is 37.1 Å². The van der Waals surface area contributed by atoms with Gasteiger partial charge in [0.15, 0.2) is 6.20 Å². The van der Waals surface area contributed by atoms with Crippen molar-refractivity contribution in [3.8, 4) is 5.75 Å². The van der Waals surface area contributed by atoms with Crippen LogP contribution in [0.1, 0.15) is 22.9 Å². The summed E-state index contributed by atoms with van der Waals surface area (Å²) < 4.78 is 7.31. The van der Waals surface area contributed by atoms with Crippen LogP contribution in [0.4, 0.5) is 11.4 Å². The second-order valence-electron chi connectivity index (χ2n) is 7.35. The van der Waals surface area contributed by atoms with Crippen LogP contribution in [0.15, 0.2) is 66.9 Å². The molecule has 1 unspecified atom stereocenters. The lowest BCUT2D eigenvalue weighted by molar-refractivity contribution is -0.695. The number of para-hydroxylation sites is 3. The summed E-state index contributed by atoms with van der Waals surface area (Å²) in [6.07, 6.45) is 1.83. The van der Waals surface area contributed by atoms with E-state index in [0.717, 1.165) is 22.5 Å². The van der Waals surface area contributed by atoms with Crippen molar-refractivity contribution in [2.45, 2.75) is 26.4 Å². The van der Waals surface area contributed by atoms with Crippen molar-refractivity contribution in [2.75, 3.05) is 17.3 Å². The van der Waals surface area contributed by atoms with Gasteiger partial charge in [-0.15, -0.1) is 0 Å². The highest BCUT2D eigenvalue weighted by molar-refractivity contribution is 6.06. The number of benzene rings is 2. The fourth-order valence-corrected chi connectivity index (χ4v) is 3.94. The number of hydrogen-bond donors (Lipinski definition) is 1. The molecule has 1 N–H and O–H groups in total. The molecule has 2 aromatic carbocycles. The van der Waals surface area contributed by atoms with Gasteiger partial charge in [0, 0.05) is 17.8 Å². The maximum Gasteiger partial charge on any atom is 0.294 e. The van der Waals surface area contributed by atoms with Gasteiger partial charge in [0.2, 0.25) is 18.3 Å². The van der Waals surface area contributed by atoms with Crippen LogP contribution in [-0.4, -0.2) is 18.9 Å². The standard InChI is InChI=1S/C24H23N3O3.HI/c1-16-9-8-10-17(2)22(16)25-24(29)23-19-12-6-7-14-26(19)15-21(28)27(23)18-11-4-5-13-20(18)30-3;/h4-14,23H,15H2,1-3H3;1H. The minimum Gasteiger partial charge on any atom is -1.00 e. The number of nitrogens with zero attached hydrogens (tertiary/aromatic N) is 2. The van der Waals surface area contributed by atoms with Crippen LogP contribution >= 0.6 is 0 Å². The minimum atomic E-state index is -0.831. The maximum atomic E-state index is 13.6. The first-order chi connectivity index (χ1) is 14.5. The molecule has 0 aliphatic carbocycles. The first-order valence-corrected chi connectivity index (χ1v) is 9.82. The fourth-order valence-electron chi connectivity index (χ4n) is 3.94. The van der Waals surface area contributed by atoms with Gasteiger partial charge in [0.1, 0.15) is 5.75 Å². The summed E-state index contributed by atoms with van der Waals surface area (Å²) in [7, 11) is 1.56. The van der Waals surface area contributed by atoms with Crippen LogP contribution in [-0.2, 0) is 16.1 Å².